The van der Waals surface area contributed by atoms with Crippen LogP contribution in [0.3, 0.4) is 0 Å². The predicted molar refractivity (Wildman–Crippen MR) is 78.6 cm³/mol. The summed E-state index contributed by atoms with van der Waals surface area (Å²) in [6.07, 6.45) is 0. The number of hydrogen-bond donors (Lipinski definition) is 1. The molecule has 0 fully saturated rings. The first-order chi connectivity index (χ1) is 8.29. The first kappa shape index (κ1) is 12.6. The van der Waals surface area contributed by atoms with Gasteiger partial charge in [0.2, 0.25) is 0 Å². The number of hydrogen-bond acceptors (Lipinski definition) is 3. The Morgan fingerprint density at radius 2 is 2.12 bits per heavy atom. The van der Waals surface area contributed by atoms with E-state index in [9.17, 15) is 0 Å². The topological polar surface area (TPSA) is 29.3 Å². The van der Waals surface area contributed by atoms with Crippen LogP contribution in [0.4, 0.5) is 5.69 Å². The molecule has 0 aliphatic rings. The highest BCUT2D eigenvalue weighted by Crippen LogP contribution is 2.22. The Morgan fingerprint density at radius 1 is 1.24 bits per heavy atom. The second-order valence-electron chi connectivity index (χ2n) is 3.77. The van der Waals surface area contributed by atoms with Crippen LogP contribution in [0, 0.1) is 0 Å². The van der Waals surface area contributed by atoms with Gasteiger partial charge < -0.3 is 10.6 Å². The van der Waals surface area contributed by atoms with Crippen LogP contribution in [0.15, 0.2) is 46.3 Å². The van der Waals surface area contributed by atoms with Crippen molar-refractivity contribution in [2.24, 2.45) is 5.73 Å². The highest BCUT2D eigenvalue weighted by molar-refractivity contribution is 9.10. The molecule has 0 radical (unpaired) electrons. The maximum atomic E-state index is 5.68. The van der Waals surface area contributed by atoms with Gasteiger partial charge in [-0.3, -0.25) is 0 Å². The van der Waals surface area contributed by atoms with Crippen LogP contribution in [0.2, 0.25) is 0 Å². The first-order valence-electron chi connectivity index (χ1n) is 5.52. The summed E-state index contributed by atoms with van der Waals surface area (Å²) in [6, 6.07) is 12.6. The highest BCUT2D eigenvalue weighted by Gasteiger charge is 2.07. The fourth-order valence-corrected chi connectivity index (χ4v) is 2.83. The molecule has 2 aromatic rings. The average Bonchev–Trinajstić information content (AvgIpc) is 2.81. The molecule has 4 heteroatoms. The van der Waals surface area contributed by atoms with E-state index in [1.807, 2.05) is 6.07 Å². The fourth-order valence-electron chi connectivity index (χ4n) is 1.72. The Labute approximate surface area is 114 Å². The number of anilines is 1. The van der Waals surface area contributed by atoms with Gasteiger partial charge in [-0.25, -0.2) is 0 Å². The van der Waals surface area contributed by atoms with Crippen LogP contribution in [-0.2, 0) is 6.54 Å². The van der Waals surface area contributed by atoms with Gasteiger partial charge in [0, 0.05) is 28.1 Å². The van der Waals surface area contributed by atoms with Gasteiger partial charge >= 0.3 is 0 Å². The van der Waals surface area contributed by atoms with E-state index in [0.717, 1.165) is 17.6 Å². The molecule has 2 rings (SSSR count). The summed E-state index contributed by atoms with van der Waals surface area (Å²) in [6.45, 7) is 2.46. The van der Waals surface area contributed by atoms with Crippen LogP contribution < -0.4 is 10.6 Å². The van der Waals surface area contributed by atoms with Crippen LogP contribution in [0.25, 0.3) is 0 Å². The van der Waals surface area contributed by atoms with Crippen molar-refractivity contribution in [2.75, 3.05) is 18.0 Å². The molecule has 0 saturated heterocycles. The third kappa shape index (κ3) is 3.56. The third-order valence-electron chi connectivity index (χ3n) is 2.50. The Bertz CT molecular complexity index is 456. The number of rotatable bonds is 5. The van der Waals surface area contributed by atoms with Gasteiger partial charge in [0.05, 0.1) is 6.54 Å². The number of nitrogens with zero attached hydrogens (tertiary/aromatic N) is 1. The minimum atomic E-state index is 0.665. The van der Waals surface area contributed by atoms with E-state index < -0.39 is 0 Å². The Kier molecular flexibility index (Phi) is 4.59. The number of nitrogens with two attached hydrogens (primary N) is 1. The molecule has 0 aliphatic carbocycles. The molecule has 0 spiro atoms. The van der Waals surface area contributed by atoms with E-state index in [-0.39, 0.29) is 0 Å². The molecule has 1 aromatic heterocycles. The molecular formula is C13H15BrN2S. The number of thiophene rings is 1. The summed E-state index contributed by atoms with van der Waals surface area (Å²) in [5.74, 6) is 0. The summed E-state index contributed by atoms with van der Waals surface area (Å²) in [5.41, 5.74) is 6.89. The molecule has 0 bridgehead atoms. The third-order valence-corrected chi connectivity index (χ3v) is 3.85. The zero-order valence-corrected chi connectivity index (χ0v) is 11.9. The van der Waals surface area contributed by atoms with Crippen molar-refractivity contribution in [3.8, 4) is 0 Å². The Hall–Kier alpha value is -0.840. The molecule has 2 N–H and O–H groups in total. The minimum Gasteiger partial charge on any atom is -0.365 e. The molecular weight excluding hydrogens is 296 g/mol. The Morgan fingerprint density at radius 3 is 2.76 bits per heavy atom. The number of halogens is 1. The van der Waals surface area contributed by atoms with Crippen LogP contribution in [0.1, 0.15) is 4.88 Å². The van der Waals surface area contributed by atoms with Crippen molar-refractivity contribution in [3.63, 3.8) is 0 Å². The largest absolute Gasteiger partial charge is 0.365 e. The van der Waals surface area contributed by atoms with Gasteiger partial charge in [-0.05, 0) is 29.6 Å². The van der Waals surface area contributed by atoms with E-state index in [1.165, 1.54) is 10.6 Å². The van der Waals surface area contributed by atoms with E-state index in [0.29, 0.717) is 6.54 Å². The zero-order chi connectivity index (χ0) is 12.1. The van der Waals surface area contributed by atoms with Crippen molar-refractivity contribution in [3.05, 3.63) is 51.1 Å². The lowest BCUT2D eigenvalue weighted by atomic mass is 10.2. The van der Waals surface area contributed by atoms with Crippen LogP contribution in [0.5, 0.6) is 0 Å². The van der Waals surface area contributed by atoms with Crippen LogP contribution >= 0.6 is 27.3 Å². The maximum Gasteiger partial charge on any atom is 0.0523 e. The van der Waals surface area contributed by atoms with Gasteiger partial charge in [0.15, 0.2) is 0 Å². The molecule has 0 unspecified atom stereocenters. The summed E-state index contributed by atoms with van der Waals surface area (Å²) >= 11 is 5.29. The highest BCUT2D eigenvalue weighted by atomic mass is 79.9. The standard InChI is InChI=1S/C13H15BrN2S/c14-11-3-1-4-12(9-11)16(7-6-15)10-13-5-2-8-17-13/h1-5,8-9H,6-7,10,15H2. The molecule has 90 valence electrons. The van der Waals surface area contributed by atoms with E-state index in [1.54, 1.807) is 11.3 Å². The normalized spacial score (nSPS) is 10.5. The summed E-state index contributed by atoms with van der Waals surface area (Å²) < 4.78 is 1.10. The lowest BCUT2D eigenvalue weighted by molar-refractivity contribution is 0.797. The van der Waals surface area contributed by atoms with Crippen molar-refractivity contribution < 1.29 is 0 Å². The zero-order valence-electron chi connectivity index (χ0n) is 9.47. The lowest BCUT2D eigenvalue weighted by Crippen LogP contribution is -2.28. The lowest BCUT2D eigenvalue weighted by Gasteiger charge is -2.23. The second kappa shape index (κ2) is 6.19. The molecule has 2 nitrogen and oxygen atoms in total. The van der Waals surface area contributed by atoms with Crippen molar-refractivity contribution >= 4 is 33.0 Å². The molecule has 17 heavy (non-hydrogen) atoms. The summed E-state index contributed by atoms with van der Waals surface area (Å²) in [7, 11) is 0. The van der Waals surface area contributed by atoms with Gasteiger partial charge in [-0.15, -0.1) is 11.3 Å². The van der Waals surface area contributed by atoms with E-state index in [4.69, 9.17) is 5.73 Å². The fraction of sp³-hybridized carbons (Fsp3) is 0.231. The first-order valence-corrected chi connectivity index (χ1v) is 7.20. The smallest absolute Gasteiger partial charge is 0.0523 e. The quantitative estimate of drug-likeness (QED) is 0.916. The predicted octanol–water partition coefficient (Wildman–Crippen LogP) is 3.48. The molecule has 1 aromatic carbocycles. The average molecular weight is 311 g/mol. The SMILES string of the molecule is NCCN(Cc1cccs1)c1cccc(Br)c1. The van der Waals surface area contributed by atoms with E-state index in [2.05, 4.69) is 56.5 Å². The summed E-state index contributed by atoms with van der Waals surface area (Å²) in [5, 5.41) is 2.11. The molecule has 0 amide bonds. The maximum absolute atomic E-state index is 5.68. The summed E-state index contributed by atoms with van der Waals surface area (Å²) in [4.78, 5) is 3.66. The van der Waals surface area contributed by atoms with Gasteiger partial charge in [-0.2, -0.15) is 0 Å². The molecule has 0 atom stereocenters. The second-order valence-corrected chi connectivity index (χ2v) is 5.72. The van der Waals surface area contributed by atoms with Crippen LogP contribution in [-0.4, -0.2) is 13.1 Å². The van der Waals surface area contributed by atoms with E-state index >= 15 is 0 Å². The monoisotopic (exact) mass is 310 g/mol. The minimum absolute atomic E-state index is 0.665. The molecule has 0 aliphatic heterocycles. The van der Waals surface area contributed by atoms with Gasteiger partial charge in [0.1, 0.15) is 0 Å². The van der Waals surface area contributed by atoms with Gasteiger partial charge in [-0.1, -0.05) is 28.1 Å². The van der Waals surface area contributed by atoms with Crippen molar-refractivity contribution in [2.45, 2.75) is 6.54 Å². The molecule has 0 saturated carbocycles. The Balaban J connectivity index is 2.16. The van der Waals surface area contributed by atoms with Gasteiger partial charge in [0.25, 0.3) is 0 Å². The molecule has 1 heterocycles. The van der Waals surface area contributed by atoms with Crippen molar-refractivity contribution in [1.29, 1.82) is 0 Å². The van der Waals surface area contributed by atoms with Crippen molar-refractivity contribution in [1.82, 2.24) is 0 Å². The number of benzene rings is 1.